The van der Waals surface area contributed by atoms with Crippen molar-refractivity contribution in [1.82, 2.24) is 31.5 Å². The number of carbonyl (C=O) groups is 8. The van der Waals surface area contributed by atoms with Gasteiger partial charge in [-0.1, -0.05) is 70.5 Å². The van der Waals surface area contributed by atoms with Crippen LogP contribution in [0.2, 0.25) is 0 Å². The number of likely N-dealkylation sites (tertiary alicyclic amines) is 1. The summed E-state index contributed by atoms with van der Waals surface area (Å²) in [5.74, 6) is -4.85. The van der Waals surface area contributed by atoms with Crippen molar-refractivity contribution in [3.63, 3.8) is 0 Å². The minimum Gasteiger partial charge on any atom is -0.508 e. The van der Waals surface area contributed by atoms with Gasteiger partial charge in [-0.15, -0.1) is 0 Å². The fourth-order valence-corrected chi connectivity index (χ4v) is 7.30. The molecule has 19 nitrogen and oxygen atoms in total. The number of carbonyl (C=O) groups excluding carboxylic acids is 8. The van der Waals surface area contributed by atoms with Gasteiger partial charge in [0.1, 0.15) is 36.0 Å². The number of hydrogen-bond donors (Lipinski definition) is 10. The minimum absolute atomic E-state index is 0.0241. The van der Waals surface area contributed by atoms with Gasteiger partial charge < -0.3 is 59.1 Å². The molecule has 1 fully saturated rings. The molecule has 0 spiro atoms. The molecule has 1 aliphatic heterocycles. The molecular formula is C45H59BrN10O9. The predicted molar refractivity (Wildman–Crippen MR) is 246 cm³/mol. The van der Waals surface area contributed by atoms with Crippen LogP contribution in [0, 0.1) is 0 Å². The first-order valence-corrected chi connectivity index (χ1v) is 22.5. The van der Waals surface area contributed by atoms with E-state index in [0.717, 1.165) is 0 Å². The number of primary amides is 1. The third kappa shape index (κ3) is 16.6. The van der Waals surface area contributed by atoms with Crippen LogP contribution in [0.15, 0.2) is 78.9 Å². The summed E-state index contributed by atoms with van der Waals surface area (Å²) in [7, 11) is 0. The molecule has 0 aliphatic carbocycles. The van der Waals surface area contributed by atoms with Crippen LogP contribution in [0.3, 0.4) is 0 Å². The Labute approximate surface area is 385 Å². The highest BCUT2D eigenvalue weighted by Crippen LogP contribution is 2.21. The Morgan fingerprint density at radius 3 is 2.02 bits per heavy atom. The normalized spacial score (nSPS) is 15.6. The number of phenols is 1. The number of benzene rings is 3. The van der Waals surface area contributed by atoms with Gasteiger partial charge in [0.2, 0.25) is 47.3 Å². The lowest BCUT2D eigenvalue weighted by molar-refractivity contribution is -0.142. The molecule has 0 bridgehead atoms. The Morgan fingerprint density at radius 1 is 0.738 bits per heavy atom. The molecule has 8 amide bonds. The molecular weight excluding hydrogens is 904 g/mol. The van der Waals surface area contributed by atoms with Crippen molar-refractivity contribution in [2.75, 3.05) is 30.3 Å². The lowest BCUT2D eigenvalue weighted by Gasteiger charge is -2.30. The molecule has 13 N–H and O–H groups in total. The number of nitrogens with zero attached hydrogens (tertiary/aromatic N) is 1. The van der Waals surface area contributed by atoms with Gasteiger partial charge in [0.05, 0.1) is 17.9 Å². The zero-order valence-corrected chi connectivity index (χ0v) is 37.8. The maximum atomic E-state index is 14.3. The number of unbranched alkanes of at least 4 members (excludes halogenated alkanes) is 1. The van der Waals surface area contributed by atoms with Crippen LogP contribution in [0.4, 0.5) is 5.69 Å². The van der Waals surface area contributed by atoms with Gasteiger partial charge in [0.25, 0.3) is 0 Å². The van der Waals surface area contributed by atoms with Crippen LogP contribution in [0.5, 0.6) is 5.75 Å². The topological polar surface area (TPSA) is 310 Å². The van der Waals surface area contributed by atoms with Gasteiger partial charge in [0.15, 0.2) is 0 Å². The van der Waals surface area contributed by atoms with E-state index in [1.807, 2.05) is 0 Å². The molecule has 0 saturated carbocycles. The van der Waals surface area contributed by atoms with Crippen molar-refractivity contribution in [3.8, 4) is 5.75 Å². The monoisotopic (exact) mass is 962 g/mol. The zero-order chi connectivity index (χ0) is 47.5. The van der Waals surface area contributed by atoms with Crippen LogP contribution in [-0.2, 0) is 57.6 Å². The molecule has 20 heteroatoms. The number of hydrogen-bond acceptors (Lipinski definition) is 11. The number of anilines is 1. The summed E-state index contributed by atoms with van der Waals surface area (Å²) in [5, 5.41) is 25.5. The Hall–Kier alpha value is -6.38. The SMILES string of the molecule is C[C@@H](NC(=O)[C@@H](N)Cc1ccc(O)cc1)C(=O)N[C@@H](Cc1ccccc1)C(=O)NCC(=O)N[C@@H](Cc1ccc(NC(=O)CBr)cc1)C(=O)N1CCC[C@H]1C(=O)N[C@@H](CCCCN)C(N)=O. The van der Waals surface area contributed by atoms with E-state index in [4.69, 9.17) is 17.2 Å². The summed E-state index contributed by atoms with van der Waals surface area (Å²) >= 11 is 3.10. The van der Waals surface area contributed by atoms with Crippen molar-refractivity contribution in [2.45, 2.75) is 94.5 Å². The lowest BCUT2D eigenvalue weighted by atomic mass is 10.0. The number of alkyl halides is 1. The van der Waals surface area contributed by atoms with Crippen LogP contribution in [-0.4, -0.2) is 118 Å². The highest BCUT2D eigenvalue weighted by Gasteiger charge is 2.39. The van der Waals surface area contributed by atoms with Crippen molar-refractivity contribution in [1.29, 1.82) is 0 Å². The molecule has 0 aromatic heterocycles. The number of amides is 8. The van der Waals surface area contributed by atoms with Crippen LogP contribution < -0.4 is 49.1 Å². The molecule has 6 atom stereocenters. The Bertz CT molecular complexity index is 2110. The molecule has 1 aliphatic rings. The quantitative estimate of drug-likeness (QED) is 0.0413. The van der Waals surface area contributed by atoms with Gasteiger partial charge in [-0.2, -0.15) is 0 Å². The standard InChI is InChI=1S/C45H59BrN10O9/c1-27(51-42(62)33(48)22-29-14-18-32(57)19-15-29)41(61)55-35(23-28-8-3-2-4-9-28)43(63)50-26-39(59)53-36(24-30-12-16-31(17-13-30)52-38(58)25-46)45(65)56-21-7-11-37(56)44(64)54-34(40(49)60)10-5-6-20-47/h2-4,8-9,12-19,27,33-37,57H,5-7,10-11,20-26,47-48H2,1H3,(H2,49,60)(H,50,63)(H,51,62)(H,52,58)(H,53,59)(H,54,64)(H,55,61)/t27-,33+,34+,35+,36+,37+/m1/s1. The highest BCUT2D eigenvalue weighted by molar-refractivity contribution is 9.09. The average molecular weight is 964 g/mol. The summed E-state index contributed by atoms with van der Waals surface area (Å²) < 4.78 is 0. The van der Waals surface area contributed by atoms with Crippen LogP contribution in [0.1, 0.15) is 55.7 Å². The number of aromatic hydroxyl groups is 1. The molecule has 3 aromatic carbocycles. The van der Waals surface area contributed by atoms with Crippen molar-refractivity contribution < 1.29 is 43.5 Å². The highest BCUT2D eigenvalue weighted by atomic mass is 79.9. The van der Waals surface area contributed by atoms with E-state index in [1.54, 1.807) is 66.7 Å². The van der Waals surface area contributed by atoms with E-state index in [-0.39, 0.29) is 49.2 Å². The second kappa shape index (κ2) is 25.8. The Kier molecular flexibility index (Phi) is 20.3. The van der Waals surface area contributed by atoms with Crippen molar-refractivity contribution in [3.05, 3.63) is 95.6 Å². The zero-order valence-electron chi connectivity index (χ0n) is 36.2. The van der Waals surface area contributed by atoms with Gasteiger partial charge >= 0.3 is 0 Å². The molecule has 1 heterocycles. The Balaban J connectivity index is 1.46. The maximum absolute atomic E-state index is 14.3. The number of halogens is 1. The van der Waals surface area contributed by atoms with Crippen LogP contribution in [0.25, 0.3) is 0 Å². The number of rotatable bonds is 24. The fourth-order valence-electron chi connectivity index (χ4n) is 7.16. The molecule has 1 saturated heterocycles. The summed E-state index contributed by atoms with van der Waals surface area (Å²) in [6.07, 6.45) is 2.35. The largest absolute Gasteiger partial charge is 0.508 e. The first kappa shape index (κ1) is 51.3. The second-order valence-electron chi connectivity index (χ2n) is 15.8. The average Bonchev–Trinajstić information content (AvgIpc) is 3.79. The lowest BCUT2D eigenvalue weighted by Crippen LogP contribution is -2.58. The third-order valence-corrected chi connectivity index (χ3v) is 11.2. The number of nitrogens with one attached hydrogen (secondary N) is 6. The first-order valence-electron chi connectivity index (χ1n) is 21.4. The Morgan fingerprint density at radius 2 is 1.37 bits per heavy atom. The number of phenolic OH excluding ortho intramolecular Hbond substituents is 1. The van der Waals surface area contributed by atoms with E-state index in [0.29, 0.717) is 54.6 Å². The minimum atomic E-state index is -1.23. The van der Waals surface area contributed by atoms with E-state index in [9.17, 15) is 43.5 Å². The summed E-state index contributed by atoms with van der Waals surface area (Å²) in [6, 6.07) is 15.2. The van der Waals surface area contributed by atoms with Crippen LogP contribution >= 0.6 is 15.9 Å². The van der Waals surface area contributed by atoms with Crippen molar-refractivity contribution >= 4 is 68.9 Å². The third-order valence-electron chi connectivity index (χ3n) is 10.7. The molecule has 65 heavy (non-hydrogen) atoms. The first-order chi connectivity index (χ1) is 31.1. The molecule has 0 unspecified atom stereocenters. The molecule has 4 rings (SSSR count). The molecule has 350 valence electrons. The molecule has 0 radical (unpaired) electrons. The summed E-state index contributed by atoms with van der Waals surface area (Å²) in [6.45, 7) is 1.42. The molecule has 3 aromatic rings. The van der Waals surface area contributed by atoms with E-state index in [2.05, 4.69) is 47.8 Å². The van der Waals surface area contributed by atoms with Gasteiger partial charge in [-0.25, -0.2) is 0 Å². The van der Waals surface area contributed by atoms with Gasteiger partial charge in [-0.05, 0) is 92.9 Å². The number of nitrogens with two attached hydrogens (primary N) is 3. The second-order valence-corrected chi connectivity index (χ2v) is 16.4. The van der Waals surface area contributed by atoms with E-state index < -0.39 is 84.1 Å². The van der Waals surface area contributed by atoms with E-state index >= 15 is 0 Å². The smallest absolute Gasteiger partial charge is 0.246 e. The van der Waals surface area contributed by atoms with Gasteiger partial charge in [-0.3, -0.25) is 38.4 Å². The maximum Gasteiger partial charge on any atom is 0.246 e. The summed E-state index contributed by atoms with van der Waals surface area (Å²) in [4.78, 5) is 107. The van der Waals surface area contributed by atoms with Crippen molar-refractivity contribution in [2.24, 2.45) is 17.2 Å². The fraction of sp³-hybridized carbons (Fsp3) is 0.422. The van der Waals surface area contributed by atoms with Gasteiger partial charge in [0, 0.05) is 25.1 Å². The summed E-state index contributed by atoms with van der Waals surface area (Å²) in [5.41, 5.74) is 19.7. The predicted octanol–water partition coefficient (Wildman–Crippen LogP) is -0.239. The van der Waals surface area contributed by atoms with E-state index in [1.165, 1.54) is 24.0 Å².